The second kappa shape index (κ2) is 2.99. The Balaban J connectivity index is 3.02. The van der Waals surface area contributed by atoms with E-state index in [-0.39, 0.29) is 5.82 Å². The zero-order valence-electron chi connectivity index (χ0n) is 8.36. The first-order valence-electron chi connectivity index (χ1n) is 4.43. The molecule has 0 saturated carbocycles. The second-order valence-corrected chi connectivity index (χ2v) is 3.98. The fourth-order valence-electron chi connectivity index (χ4n) is 1.72. The summed E-state index contributed by atoms with van der Waals surface area (Å²) < 4.78 is 15.3. The van der Waals surface area contributed by atoms with Crippen LogP contribution in [0.2, 0.25) is 5.02 Å². The van der Waals surface area contributed by atoms with Gasteiger partial charge in [0.25, 0.3) is 0 Å². The van der Waals surface area contributed by atoms with Crippen LogP contribution >= 0.6 is 11.6 Å². The van der Waals surface area contributed by atoms with E-state index in [9.17, 15) is 4.39 Å². The lowest BCUT2D eigenvalue weighted by atomic mass is 10.1. The van der Waals surface area contributed by atoms with Crippen LogP contribution in [0.3, 0.4) is 0 Å². The van der Waals surface area contributed by atoms with Crippen LogP contribution in [0.5, 0.6) is 0 Å². The Morgan fingerprint density at radius 3 is 2.57 bits per heavy atom. The Kier molecular flexibility index (Phi) is 2.04. The highest BCUT2D eigenvalue weighted by molar-refractivity contribution is 6.35. The van der Waals surface area contributed by atoms with Crippen LogP contribution < -0.4 is 0 Å². The maximum Gasteiger partial charge on any atom is 0.128 e. The molecule has 2 rings (SSSR count). The van der Waals surface area contributed by atoms with Crippen molar-refractivity contribution in [1.29, 1.82) is 0 Å². The number of halogens is 2. The number of benzene rings is 1. The van der Waals surface area contributed by atoms with Gasteiger partial charge in [0.2, 0.25) is 0 Å². The summed E-state index contributed by atoms with van der Waals surface area (Å²) in [6, 6.07) is 3.33. The fourth-order valence-corrected chi connectivity index (χ4v) is 2.05. The van der Waals surface area contributed by atoms with Crippen molar-refractivity contribution in [2.24, 2.45) is 7.05 Å². The smallest absolute Gasteiger partial charge is 0.128 e. The molecule has 1 heterocycles. The van der Waals surface area contributed by atoms with E-state index in [0.717, 1.165) is 16.6 Å². The van der Waals surface area contributed by atoms with Crippen molar-refractivity contribution >= 4 is 22.5 Å². The monoisotopic (exact) mass is 211 g/mol. The topological polar surface area (TPSA) is 4.93 Å². The van der Waals surface area contributed by atoms with Gasteiger partial charge in [-0.3, -0.25) is 0 Å². The summed E-state index contributed by atoms with van der Waals surface area (Å²) in [6.07, 6.45) is 0. The Hall–Kier alpha value is -1.02. The van der Waals surface area contributed by atoms with Gasteiger partial charge in [0.15, 0.2) is 0 Å². The molecule has 0 spiro atoms. The van der Waals surface area contributed by atoms with Crippen LogP contribution in [0, 0.1) is 19.7 Å². The Labute approximate surface area is 87.1 Å². The molecule has 74 valence electrons. The van der Waals surface area contributed by atoms with Gasteiger partial charge in [0.1, 0.15) is 5.82 Å². The molecule has 0 bridgehead atoms. The van der Waals surface area contributed by atoms with Gasteiger partial charge in [0, 0.05) is 18.1 Å². The lowest BCUT2D eigenvalue weighted by molar-refractivity contribution is 0.621. The molecule has 0 aliphatic heterocycles. The third kappa shape index (κ3) is 1.14. The summed E-state index contributed by atoms with van der Waals surface area (Å²) in [6.45, 7) is 3.75. The average molecular weight is 212 g/mol. The predicted octanol–water partition coefficient (Wildman–Crippen LogP) is 3.59. The van der Waals surface area contributed by atoms with Crippen molar-refractivity contribution in [3.63, 3.8) is 0 Å². The molecule has 0 amide bonds. The summed E-state index contributed by atoms with van der Waals surface area (Å²) in [7, 11) is 1.93. The summed E-state index contributed by atoms with van der Waals surface area (Å²) in [4.78, 5) is 0. The Bertz CT molecular complexity index is 514. The van der Waals surface area contributed by atoms with Gasteiger partial charge >= 0.3 is 0 Å². The SMILES string of the molecule is Cc1c(F)cc(Cl)c2c1cc(C)n2C. The lowest BCUT2D eigenvalue weighted by Crippen LogP contribution is -1.91. The largest absolute Gasteiger partial charge is 0.347 e. The molecule has 0 atom stereocenters. The maximum absolute atomic E-state index is 13.4. The van der Waals surface area contributed by atoms with Crippen LogP contribution in [-0.2, 0) is 7.05 Å². The van der Waals surface area contributed by atoms with Crippen LogP contribution in [0.1, 0.15) is 11.3 Å². The van der Waals surface area contributed by atoms with Crippen molar-refractivity contribution in [2.45, 2.75) is 13.8 Å². The minimum absolute atomic E-state index is 0.242. The number of hydrogen-bond donors (Lipinski definition) is 0. The number of nitrogens with zero attached hydrogens (tertiary/aromatic N) is 1. The molecule has 1 aromatic heterocycles. The summed E-state index contributed by atoms with van der Waals surface area (Å²) in [5, 5.41) is 1.37. The molecule has 0 saturated heterocycles. The van der Waals surface area contributed by atoms with Gasteiger partial charge in [-0.25, -0.2) is 4.39 Å². The highest BCUT2D eigenvalue weighted by atomic mass is 35.5. The third-order valence-corrected chi connectivity index (χ3v) is 3.00. The molecule has 2 aromatic rings. The summed E-state index contributed by atoms with van der Waals surface area (Å²) >= 11 is 5.99. The van der Waals surface area contributed by atoms with Crippen LogP contribution in [-0.4, -0.2) is 4.57 Å². The highest BCUT2D eigenvalue weighted by Crippen LogP contribution is 2.30. The molecular weight excluding hydrogens is 201 g/mol. The van der Waals surface area contributed by atoms with Crippen molar-refractivity contribution in [2.75, 3.05) is 0 Å². The first-order chi connectivity index (χ1) is 6.52. The normalized spacial score (nSPS) is 11.2. The summed E-state index contributed by atoms with van der Waals surface area (Å²) in [5.74, 6) is -0.242. The zero-order chi connectivity index (χ0) is 10.5. The molecule has 0 radical (unpaired) electrons. The molecule has 1 nitrogen and oxygen atoms in total. The van der Waals surface area contributed by atoms with Gasteiger partial charge in [-0.15, -0.1) is 0 Å². The van der Waals surface area contributed by atoms with Crippen molar-refractivity contribution < 1.29 is 4.39 Å². The van der Waals surface area contributed by atoms with Gasteiger partial charge < -0.3 is 4.57 Å². The van der Waals surface area contributed by atoms with Gasteiger partial charge in [-0.1, -0.05) is 11.6 Å². The fraction of sp³-hybridized carbons (Fsp3) is 0.273. The predicted molar refractivity (Wildman–Crippen MR) is 57.4 cm³/mol. The molecule has 3 heteroatoms. The molecule has 0 unspecified atom stereocenters. The van der Waals surface area contributed by atoms with E-state index in [4.69, 9.17) is 11.6 Å². The molecule has 1 aromatic carbocycles. The van der Waals surface area contributed by atoms with Crippen molar-refractivity contribution in [1.82, 2.24) is 4.57 Å². The Morgan fingerprint density at radius 2 is 1.93 bits per heavy atom. The van der Waals surface area contributed by atoms with Gasteiger partial charge in [-0.2, -0.15) is 0 Å². The standard InChI is InChI=1S/C11H11ClFN/c1-6-4-8-7(2)10(13)5-9(12)11(8)14(6)3/h4-5H,1-3H3. The lowest BCUT2D eigenvalue weighted by Gasteiger charge is -2.04. The van der Waals surface area contributed by atoms with E-state index in [2.05, 4.69) is 0 Å². The van der Waals surface area contributed by atoms with E-state index < -0.39 is 0 Å². The minimum atomic E-state index is -0.242. The maximum atomic E-state index is 13.4. The average Bonchev–Trinajstić information content (AvgIpc) is 2.40. The number of hydrogen-bond acceptors (Lipinski definition) is 0. The molecule has 0 aliphatic rings. The molecule has 0 N–H and O–H groups in total. The van der Waals surface area contributed by atoms with Crippen molar-refractivity contribution in [3.05, 3.63) is 34.2 Å². The minimum Gasteiger partial charge on any atom is -0.347 e. The molecule has 14 heavy (non-hydrogen) atoms. The third-order valence-electron chi connectivity index (χ3n) is 2.71. The number of aryl methyl sites for hydroxylation is 3. The van der Waals surface area contributed by atoms with E-state index in [1.807, 2.05) is 24.6 Å². The van der Waals surface area contributed by atoms with Gasteiger partial charge in [0.05, 0.1) is 10.5 Å². The first kappa shape index (κ1) is 9.53. The zero-order valence-corrected chi connectivity index (χ0v) is 9.11. The van der Waals surface area contributed by atoms with E-state index in [1.54, 1.807) is 6.92 Å². The second-order valence-electron chi connectivity index (χ2n) is 3.57. The van der Waals surface area contributed by atoms with Crippen LogP contribution in [0.15, 0.2) is 12.1 Å². The van der Waals surface area contributed by atoms with E-state index >= 15 is 0 Å². The molecule has 0 fully saturated rings. The van der Waals surface area contributed by atoms with E-state index in [1.165, 1.54) is 6.07 Å². The Morgan fingerprint density at radius 1 is 1.29 bits per heavy atom. The highest BCUT2D eigenvalue weighted by Gasteiger charge is 2.12. The van der Waals surface area contributed by atoms with Gasteiger partial charge in [-0.05, 0) is 31.5 Å². The number of rotatable bonds is 0. The first-order valence-corrected chi connectivity index (χ1v) is 4.81. The molecule has 0 aliphatic carbocycles. The number of fused-ring (bicyclic) bond motifs is 1. The van der Waals surface area contributed by atoms with Crippen LogP contribution in [0.25, 0.3) is 10.9 Å². The number of aromatic nitrogens is 1. The van der Waals surface area contributed by atoms with Crippen molar-refractivity contribution in [3.8, 4) is 0 Å². The summed E-state index contributed by atoms with van der Waals surface area (Å²) in [5.41, 5.74) is 2.65. The van der Waals surface area contributed by atoms with E-state index in [0.29, 0.717) is 10.6 Å². The quantitative estimate of drug-likeness (QED) is 0.628. The molecular formula is C11H11ClFN. The van der Waals surface area contributed by atoms with Crippen LogP contribution in [0.4, 0.5) is 4.39 Å².